The Balaban J connectivity index is 0.000000185. The number of nitrogens with zero attached hydrogens (tertiary/aromatic N) is 3. The Morgan fingerprint density at radius 2 is 1.33 bits per heavy atom. The molecule has 1 radical (unpaired) electrons. The molecule has 0 saturated heterocycles. The molecule has 0 bridgehead atoms. The van der Waals surface area contributed by atoms with Gasteiger partial charge in [0.1, 0.15) is 5.58 Å². The summed E-state index contributed by atoms with van der Waals surface area (Å²) in [6.45, 7) is 7.30. The predicted molar refractivity (Wildman–Crippen MR) is 265 cm³/mol. The number of hydrogen-bond donors (Lipinski definition) is 0. The second kappa shape index (κ2) is 18.9. The molecule has 1 saturated carbocycles. The van der Waals surface area contributed by atoms with Crippen LogP contribution in [0.25, 0.3) is 83.6 Å². The van der Waals surface area contributed by atoms with Gasteiger partial charge in [0.2, 0.25) is 0 Å². The van der Waals surface area contributed by atoms with Crippen molar-refractivity contribution in [2.45, 2.75) is 58.2 Å². The molecular formula is C58H51IrN3OSi-2. The van der Waals surface area contributed by atoms with Crippen LogP contribution in [-0.4, -0.2) is 22.6 Å². The van der Waals surface area contributed by atoms with Crippen LogP contribution < -0.4 is 5.19 Å². The van der Waals surface area contributed by atoms with Crippen molar-refractivity contribution in [2.75, 3.05) is 0 Å². The molecule has 1 fully saturated rings. The van der Waals surface area contributed by atoms with E-state index in [0.29, 0.717) is 0 Å². The number of aromatic nitrogens is 3. The number of benzene rings is 7. The molecule has 0 unspecified atom stereocenters. The minimum absolute atomic E-state index is 0. The second-order valence-corrected chi connectivity index (χ2v) is 22.9. The predicted octanol–water partition coefficient (Wildman–Crippen LogP) is 14.9. The fraction of sp³-hybridized carbons (Fsp3) is 0.172. The van der Waals surface area contributed by atoms with Crippen LogP contribution in [0.5, 0.6) is 0 Å². The van der Waals surface area contributed by atoms with Gasteiger partial charge in [-0.05, 0) is 52.5 Å². The van der Waals surface area contributed by atoms with Crippen molar-refractivity contribution in [3.8, 4) is 50.6 Å². The van der Waals surface area contributed by atoms with Crippen molar-refractivity contribution in [3.63, 3.8) is 0 Å². The number of rotatable bonds is 8. The molecule has 7 aromatic carbocycles. The summed E-state index contributed by atoms with van der Waals surface area (Å²) in [5, 5.41) is 3.69. The first-order chi connectivity index (χ1) is 30.9. The van der Waals surface area contributed by atoms with Gasteiger partial charge in [0, 0.05) is 42.8 Å². The Morgan fingerprint density at radius 1 is 0.656 bits per heavy atom. The monoisotopic (exact) mass is 1030 g/mol. The van der Waals surface area contributed by atoms with Crippen LogP contribution >= 0.6 is 0 Å². The van der Waals surface area contributed by atoms with Crippen LogP contribution in [0.2, 0.25) is 19.6 Å². The standard InChI is InChI=1S/C37H23N2O.C21H28NSi.Ir/c1-3-13-25(14-4-1)27-18-11-19-28(26-15-5-2-6-16-26)35(27)39-33-23-9-8-22-32(33)38-37(39)31-21-12-20-30-29-17-7-10-24-34(29)40-36(30)31;1-23(2,3)21-16-22-20(18-12-8-5-9-13-18)15-19(21)14-17-10-6-4-7-11-17;/h1-20,22-24H;5,8-9,12,15-17H,4,6-7,10-11,14H2,1-3H3;/q2*-1;. The number of hydrogen-bond acceptors (Lipinski definition) is 3. The minimum atomic E-state index is -1.36. The first-order valence-electron chi connectivity index (χ1n) is 22.4. The zero-order chi connectivity index (χ0) is 42.8. The van der Waals surface area contributed by atoms with Crippen LogP contribution in [0, 0.1) is 18.1 Å². The fourth-order valence-electron chi connectivity index (χ4n) is 9.51. The van der Waals surface area contributed by atoms with Gasteiger partial charge in [0.05, 0.1) is 36.2 Å². The maximum Gasteiger partial charge on any atom is 0.120 e. The zero-order valence-electron chi connectivity index (χ0n) is 36.6. The van der Waals surface area contributed by atoms with E-state index in [4.69, 9.17) is 14.4 Å². The molecule has 64 heavy (non-hydrogen) atoms. The van der Waals surface area contributed by atoms with Gasteiger partial charge in [0.25, 0.3) is 0 Å². The smallest absolute Gasteiger partial charge is 0.120 e. The van der Waals surface area contributed by atoms with E-state index in [9.17, 15) is 0 Å². The van der Waals surface area contributed by atoms with Gasteiger partial charge in [-0.3, -0.25) is 4.98 Å². The van der Waals surface area contributed by atoms with Crippen molar-refractivity contribution in [2.24, 2.45) is 5.92 Å². The number of imidazole rings is 1. The van der Waals surface area contributed by atoms with Crippen molar-refractivity contribution < 1.29 is 24.5 Å². The third-order valence-electron chi connectivity index (χ3n) is 12.6. The molecule has 6 heteroatoms. The molecular weight excluding hydrogens is 975 g/mol. The Morgan fingerprint density at radius 3 is 2.03 bits per heavy atom. The maximum atomic E-state index is 6.47. The van der Waals surface area contributed by atoms with E-state index in [1.54, 1.807) is 10.8 Å². The van der Waals surface area contributed by atoms with Crippen LogP contribution in [-0.2, 0) is 26.5 Å². The summed E-state index contributed by atoms with van der Waals surface area (Å²) >= 11 is 0. The zero-order valence-corrected chi connectivity index (χ0v) is 40.0. The summed E-state index contributed by atoms with van der Waals surface area (Å²) in [6.07, 6.45) is 10.5. The molecule has 4 nitrogen and oxygen atoms in total. The number of pyridine rings is 1. The maximum absolute atomic E-state index is 6.47. The topological polar surface area (TPSA) is 43.9 Å². The third kappa shape index (κ3) is 8.71. The van der Waals surface area contributed by atoms with Gasteiger partial charge >= 0.3 is 0 Å². The Labute approximate surface area is 391 Å². The second-order valence-electron chi connectivity index (χ2n) is 17.8. The number of furan rings is 1. The summed E-state index contributed by atoms with van der Waals surface area (Å²) in [6, 6.07) is 65.5. The van der Waals surface area contributed by atoms with Crippen LogP contribution in [0.1, 0.15) is 37.7 Å². The Bertz CT molecular complexity index is 3110. The van der Waals surface area contributed by atoms with E-state index in [0.717, 1.165) is 89.5 Å². The van der Waals surface area contributed by atoms with E-state index in [-0.39, 0.29) is 20.1 Å². The van der Waals surface area contributed by atoms with Gasteiger partial charge in [-0.15, -0.1) is 54.1 Å². The summed E-state index contributed by atoms with van der Waals surface area (Å²) in [5.74, 6) is 1.67. The molecule has 319 valence electrons. The first kappa shape index (κ1) is 43.1. The van der Waals surface area contributed by atoms with E-state index in [1.807, 2.05) is 42.5 Å². The summed E-state index contributed by atoms with van der Waals surface area (Å²) in [5.41, 5.74) is 13.8. The van der Waals surface area contributed by atoms with E-state index in [1.165, 1.54) is 38.5 Å². The SMILES string of the molecule is C[Si](C)(C)c1cnc(-c2[c-]cccc2)cc1CC1CCCCC1.[Ir].[c-]1ccc2c(oc3ccccc32)c1-c1nc2ccccc2n1-c1c(-c2ccccc2)cccc1-c1ccccc1. The van der Waals surface area contributed by atoms with Gasteiger partial charge in [-0.1, -0.05) is 184 Å². The third-order valence-corrected chi connectivity index (χ3v) is 14.6. The molecule has 10 aromatic rings. The average molecular weight is 1030 g/mol. The number of para-hydroxylation sites is 4. The van der Waals surface area contributed by atoms with Gasteiger partial charge in [-0.2, -0.15) is 0 Å². The summed E-state index contributed by atoms with van der Waals surface area (Å²) in [4.78, 5) is 9.99. The molecule has 0 N–H and O–H groups in total. The van der Waals surface area contributed by atoms with Gasteiger partial charge in [0.15, 0.2) is 0 Å². The van der Waals surface area contributed by atoms with Crippen LogP contribution in [0.15, 0.2) is 180 Å². The molecule has 1 aliphatic rings. The molecule has 0 amide bonds. The average Bonchev–Trinajstić information content (AvgIpc) is 3.91. The molecule has 0 spiro atoms. The van der Waals surface area contributed by atoms with Gasteiger partial charge < -0.3 is 14.0 Å². The molecule has 1 aliphatic carbocycles. The summed E-state index contributed by atoms with van der Waals surface area (Å²) < 4.78 is 8.76. The molecule has 11 rings (SSSR count). The molecule has 3 heterocycles. The molecule has 0 atom stereocenters. The minimum Gasteiger partial charge on any atom is -0.501 e. The molecule has 0 aliphatic heterocycles. The largest absolute Gasteiger partial charge is 0.501 e. The molecule has 3 aromatic heterocycles. The van der Waals surface area contributed by atoms with Crippen molar-refractivity contribution in [1.82, 2.24) is 14.5 Å². The van der Waals surface area contributed by atoms with E-state index in [2.05, 4.69) is 170 Å². The van der Waals surface area contributed by atoms with Crippen molar-refractivity contribution >= 4 is 46.2 Å². The normalized spacial score (nSPS) is 13.1. The Hall–Kier alpha value is -6.17. The van der Waals surface area contributed by atoms with E-state index >= 15 is 0 Å². The fourth-order valence-corrected chi connectivity index (χ4v) is 11.1. The summed E-state index contributed by atoms with van der Waals surface area (Å²) in [7, 11) is -1.36. The van der Waals surface area contributed by atoms with Crippen LogP contribution in [0.4, 0.5) is 0 Å². The van der Waals surface area contributed by atoms with Crippen molar-refractivity contribution in [3.05, 3.63) is 194 Å². The Kier molecular flexibility index (Phi) is 12.7. The number of fused-ring (bicyclic) bond motifs is 4. The first-order valence-corrected chi connectivity index (χ1v) is 25.9. The van der Waals surface area contributed by atoms with Gasteiger partial charge in [-0.25, -0.2) is 0 Å². The van der Waals surface area contributed by atoms with E-state index < -0.39 is 8.07 Å². The van der Waals surface area contributed by atoms with Crippen molar-refractivity contribution in [1.29, 1.82) is 0 Å². The van der Waals surface area contributed by atoms with Crippen LogP contribution in [0.3, 0.4) is 0 Å². The quantitative estimate of drug-likeness (QED) is 0.113.